The summed E-state index contributed by atoms with van der Waals surface area (Å²) in [5.41, 5.74) is 0. The largest absolute Gasteiger partial charge is 0.500 e. The van der Waals surface area contributed by atoms with Crippen LogP contribution in [0.4, 0.5) is 0 Å². The Morgan fingerprint density at radius 1 is 1.25 bits per heavy atom. The standard InChI is InChI=1S/C11H23O4Si/c1-13-16(14-2,15-3)8-7-10-5-4-6-11(12)9-10/h6,10-12H,4-5,7-9H2,1-3H3. The van der Waals surface area contributed by atoms with Crippen LogP contribution in [0.2, 0.25) is 6.04 Å². The first-order chi connectivity index (χ1) is 7.65. The number of rotatable bonds is 6. The second kappa shape index (κ2) is 6.71. The van der Waals surface area contributed by atoms with E-state index < -0.39 is 8.80 Å². The van der Waals surface area contributed by atoms with Gasteiger partial charge < -0.3 is 18.4 Å². The Morgan fingerprint density at radius 3 is 2.38 bits per heavy atom. The molecule has 1 aliphatic carbocycles. The fourth-order valence-electron chi connectivity index (χ4n) is 2.28. The molecular formula is C11H23O4Si. The van der Waals surface area contributed by atoms with Gasteiger partial charge in [-0.1, -0.05) is 0 Å². The molecule has 0 spiro atoms. The molecule has 1 N–H and O–H groups in total. The van der Waals surface area contributed by atoms with Crippen molar-refractivity contribution in [2.45, 2.75) is 37.8 Å². The molecule has 2 atom stereocenters. The van der Waals surface area contributed by atoms with Gasteiger partial charge in [-0.3, -0.25) is 0 Å². The summed E-state index contributed by atoms with van der Waals surface area (Å²) < 4.78 is 16.1. The minimum Gasteiger partial charge on any atom is -0.393 e. The van der Waals surface area contributed by atoms with Crippen LogP contribution in [0.15, 0.2) is 0 Å². The van der Waals surface area contributed by atoms with Crippen LogP contribution >= 0.6 is 0 Å². The molecule has 0 aliphatic heterocycles. The highest BCUT2D eigenvalue weighted by Crippen LogP contribution is 2.30. The van der Waals surface area contributed by atoms with Crippen LogP contribution in [0.1, 0.15) is 25.7 Å². The molecule has 1 aliphatic rings. The zero-order valence-corrected chi connectivity index (χ0v) is 11.4. The van der Waals surface area contributed by atoms with E-state index in [1.807, 2.05) is 6.42 Å². The lowest BCUT2D eigenvalue weighted by atomic mass is 9.86. The second-order valence-electron chi connectivity index (χ2n) is 4.32. The molecule has 1 fully saturated rings. The maximum atomic E-state index is 9.54. The van der Waals surface area contributed by atoms with Crippen LogP contribution in [0.25, 0.3) is 0 Å². The van der Waals surface area contributed by atoms with E-state index in [1.165, 1.54) is 0 Å². The van der Waals surface area contributed by atoms with Gasteiger partial charge in [-0.15, -0.1) is 0 Å². The maximum Gasteiger partial charge on any atom is 0.500 e. The average Bonchev–Trinajstić information content (AvgIpc) is 2.32. The van der Waals surface area contributed by atoms with Crippen molar-refractivity contribution in [1.29, 1.82) is 0 Å². The molecule has 95 valence electrons. The predicted molar refractivity (Wildman–Crippen MR) is 63.9 cm³/mol. The van der Waals surface area contributed by atoms with E-state index in [0.29, 0.717) is 5.92 Å². The predicted octanol–water partition coefficient (Wildman–Crippen LogP) is 1.62. The Bertz CT molecular complexity index is 188. The molecule has 16 heavy (non-hydrogen) atoms. The molecule has 0 amide bonds. The third-order valence-electron chi connectivity index (χ3n) is 3.38. The number of hydrogen-bond donors (Lipinski definition) is 1. The van der Waals surface area contributed by atoms with Gasteiger partial charge in [0.2, 0.25) is 0 Å². The molecule has 1 rings (SSSR count). The van der Waals surface area contributed by atoms with Crippen LogP contribution in [-0.2, 0) is 13.3 Å². The summed E-state index contributed by atoms with van der Waals surface area (Å²) in [5, 5.41) is 9.54. The smallest absolute Gasteiger partial charge is 0.393 e. The first-order valence-electron chi connectivity index (χ1n) is 5.82. The zero-order chi connectivity index (χ0) is 12.0. The van der Waals surface area contributed by atoms with Crippen LogP contribution in [-0.4, -0.2) is 41.3 Å². The summed E-state index contributed by atoms with van der Waals surface area (Å²) >= 11 is 0. The minimum atomic E-state index is -2.42. The average molecular weight is 247 g/mol. The molecule has 0 heterocycles. The van der Waals surface area contributed by atoms with E-state index in [2.05, 4.69) is 0 Å². The van der Waals surface area contributed by atoms with Crippen molar-refractivity contribution in [2.24, 2.45) is 5.92 Å². The third-order valence-corrected chi connectivity index (χ3v) is 6.15. The Morgan fingerprint density at radius 2 is 1.88 bits per heavy atom. The molecule has 1 radical (unpaired) electrons. The Labute approximate surface area is 99.3 Å². The second-order valence-corrected chi connectivity index (χ2v) is 7.41. The molecule has 2 unspecified atom stereocenters. The summed E-state index contributed by atoms with van der Waals surface area (Å²) in [6.07, 6.45) is 5.78. The van der Waals surface area contributed by atoms with Crippen LogP contribution in [0, 0.1) is 12.3 Å². The number of hydrogen-bond acceptors (Lipinski definition) is 4. The summed E-state index contributed by atoms with van der Waals surface area (Å²) in [7, 11) is 2.51. The molecule has 4 nitrogen and oxygen atoms in total. The van der Waals surface area contributed by atoms with Crippen LogP contribution < -0.4 is 0 Å². The van der Waals surface area contributed by atoms with Gasteiger partial charge in [-0.05, 0) is 38.0 Å². The van der Waals surface area contributed by atoms with Gasteiger partial charge in [0.25, 0.3) is 0 Å². The first kappa shape index (κ1) is 14.1. The molecule has 0 aromatic heterocycles. The fraction of sp³-hybridized carbons (Fsp3) is 0.909. The zero-order valence-electron chi connectivity index (χ0n) is 10.4. The van der Waals surface area contributed by atoms with Crippen molar-refractivity contribution in [3.63, 3.8) is 0 Å². The molecule has 0 saturated heterocycles. The highest BCUT2D eigenvalue weighted by Gasteiger charge is 2.38. The molecule has 1 saturated carbocycles. The summed E-state index contributed by atoms with van der Waals surface area (Å²) in [6, 6.07) is 0.827. The first-order valence-corrected chi connectivity index (χ1v) is 7.76. The fourth-order valence-corrected chi connectivity index (χ4v) is 4.15. The third kappa shape index (κ3) is 3.82. The lowest BCUT2D eigenvalue weighted by Crippen LogP contribution is -2.43. The Kier molecular flexibility index (Phi) is 5.92. The van der Waals surface area contributed by atoms with E-state index in [1.54, 1.807) is 21.3 Å². The van der Waals surface area contributed by atoms with Gasteiger partial charge in [0, 0.05) is 27.4 Å². The van der Waals surface area contributed by atoms with E-state index >= 15 is 0 Å². The van der Waals surface area contributed by atoms with E-state index in [9.17, 15) is 5.11 Å². The molecule has 0 aromatic carbocycles. The minimum absolute atomic E-state index is 0.234. The normalized spacial score (nSPS) is 27.0. The van der Waals surface area contributed by atoms with E-state index in [4.69, 9.17) is 13.3 Å². The molecule has 0 bridgehead atoms. The van der Waals surface area contributed by atoms with Crippen molar-refractivity contribution in [1.82, 2.24) is 0 Å². The topological polar surface area (TPSA) is 47.9 Å². The highest BCUT2D eigenvalue weighted by molar-refractivity contribution is 6.60. The lowest BCUT2D eigenvalue weighted by molar-refractivity contribution is 0.113. The lowest BCUT2D eigenvalue weighted by Gasteiger charge is -2.29. The molecule has 5 heteroatoms. The van der Waals surface area contributed by atoms with Gasteiger partial charge in [-0.2, -0.15) is 0 Å². The number of aliphatic hydroxyl groups excluding tert-OH is 1. The molecular weight excluding hydrogens is 224 g/mol. The van der Waals surface area contributed by atoms with E-state index in [0.717, 1.165) is 31.7 Å². The van der Waals surface area contributed by atoms with Crippen molar-refractivity contribution < 1.29 is 18.4 Å². The monoisotopic (exact) mass is 247 g/mol. The quantitative estimate of drug-likeness (QED) is 0.725. The number of aliphatic hydroxyl groups is 1. The van der Waals surface area contributed by atoms with Crippen molar-refractivity contribution in [3.05, 3.63) is 6.42 Å². The maximum absolute atomic E-state index is 9.54. The van der Waals surface area contributed by atoms with E-state index in [-0.39, 0.29) is 6.10 Å². The summed E-state index contributed by atoms with van der Waals surface area (Å²) in [6.45, 7) is 0. The van der Waals surface area contributed by atoms with Gasteiger partial charge >= 0.3 is 8.80 Å². The van der Waals surface area contributed by atoms with Crippen LogP contribution in [0.3, 0.4) is 0 Å². The van der Waals surface area contributed by atoms with Crippen molar-refractivity contribution >= 4 is 8.80 Å². The van der Waals surface area contributed by atoms with Crippen molar-refractivity contribution in [2.75, 3.05) is 21.3 Å². The van der Waals surface area contributed by atoms with Gasteiger partial charge in [-0.25, -0.2) is 0 Å². The Hall–Kier alpha value is 0.0569. The summed E-state index contributed by atoms with van der Waals surface area (Å²) in [4.78, 5) is 0. The Balaban J connectivity index is 2.36. The highest BCUT2D eigenvalue weighted by atomic mass is 28.4. The van der Waals surface area contributed by atoms with Gasteiger partial charge in [0.15, 0.2) is 0 Å². The van der Waals surface area contributed by atoms with Crippen molar-refractivity contribution in [3.8, 4) is 0 Å². The summed E-state index contributed by atoms with van der Waals surface area (Å²) in [5.74, 6) is 0.562. The van der Waals surface area contributed by atoms with Gasteiger partial charge in [0.1, 0.15) is 0 Å². The van der Waals surface area contributed by atoms with Crippen LogP contribution in [0.5, 0.6) is 0 Å². The van der Waals surface area contributed by atoms with Gasteiger partial charge in [0.05, 0.1) is 6.10 Å². The molecule has 0 aromatic rings. The SMILES string of the molecule is CO[Si](CCC1CC[CH]C(O)C1)(OC)OC.